The Labute approximate surface area is 117 Å². The Balaban J connectivity index is 1.88. The second-order valence-electron chi connectivity index (χ2n) is 5.76. The predicted molar refractivity (Wildman–Crippen MR) is 75.2 cm³/mol. The summed E-state index contributed by atoms with van der Waals surface area (Å²) >= 11 is 0. The van der Waals surface area contributed by atoms with Gasteiger partial charge in [0.25, 0.3) is 5.91 Å². The van der Waals surface area contributed by atoms with Crippen LogP contribution in [0.15, 0.2) is 22.6 Å². The topological polar surface area (TPSA) is 42.2 Å². The first-order valence-electron chi connectivity index (χ1n) is 7.04. The molecule has 1 N–H and O–H groups in total. The molecule has 0 spiro atoms. The summed E-state index contributed by atoms with van der Waals surface area (Å²) in [4.78, 5) is 12.3. The third kappa shape index (κ3) is 2.19. The maximum absolute atomic E-state index is 13.7. The summed E-state index contributed by atoms with van der Waals surface area (Å²) in [5.41, 5.74) is 0.859. The molecular weight excluding hydrogens is 257 g/mol. The molecule has 0 saturated heterocycles. The number of halogens is 1. The molecule has 20 heavy (non-hydrogen) atoms. The number of para-hydroxylation sites is 1. The molecule has 1 aromatic carbocycles. The summed E-state index contributed by atoms with van der Waals surface area (Å²) in [6.45, 7) is 3.98. The van der Waals surface area contributed by atoms with Gasteiger partial charge in [0.05, 0.1) is 0 Å². The lowest BCUT2D eigenvalue weighted by molar-refractivity contribution is 0.0910. The highest BCUT2D eigenvalue weighted by molar-refractivity contribution is 5.99. The number of amides is 1. The number of rotatable bonds is 2. The third-order valence-corrected chi connectivity index (χ3v) is 4.15. The molecule has 4 heteroatoms. The van der Waals surface area contributed by atoms with E-state index in [-0.39, 0.29) is 23.3 Å². The van der Waals surface area contributed by atoms with Gasteiger partial charge in [0.15, 0.2) is 17.2 Å². The first kappa shape index (κ1) is 13.2. The molecule has 106 valence electrons. The number of carbonyl (C=O) groups is 1. The van der Waals surface area contributed by atoms with Gasteiger partial charge in [-0.25, -0.2) is 4.39 Å². The normalized spacial score (nSPS) is 22.4. The van der Waals surface area contributed by atoms with Gasteiger partial charge in [0, 0.05) is 17.0 Å². The van der Waals surface area contributed by atoms with Crippen LogP contribution in [0.4, 0.5) is 4.39 Å². The monoisotopic (exact) mass is 275 g/mol. The summed E-state index contributed by atoms with van der Waals surface area (Å²) < 4.78 is 19.1. The van der Waals surface area contributed by atoms with Gasteiger partial charge in [0.2, 0.25) is 0 Å². The van der Waals surface area contributed by atoms with Crippen LogP contribution in [0.25, 0.3) is 11.0 Å². The van der Waals surface area contributed by atoms with E-state index >= 15 is 0 Å². The number of hydrogen-bond acceptors (Lipinski definition) is 2. The van der Waals surface area contributed by atoms with E-state index in [1.807, 2.05) is 0 Å². The van der Waals surface area contributed by atoms with Crippen LogP contribution in [-0.2, 0) is 0 Å². The highest BCUT2D eigenvalue weighted by atomic mass is 19.1. The Morgan fingerprint density at radius 1 is 1.40 bits per heavy atom. The van der Waals surface area contributed by atoms with Crippen LogP contribution in [0, 0.1) is 18.7 Å². The lowest BCUT2D eigenvalue weighted by Crippen LogP contribution is -2.33. The minimum Gasteiger partial charge on any atom is -0.448 e. The SMILES string of the molecule is Cc1c(C(=O)NC2CCC(C)C2)oc2c(F)cccc12. The van der Waals surface area contributed by atoms with Gasteiger partial charge in [-0.1, -0.05) is 19.1 Å². The van der Waals surface area contributed by atoms with Crippen LogP contribution in [0.1, 0.15) is 42.3 Å². The lowest BCUT2D eigenvalue weighted by atomic mass is 10.1. The fraction of sp³-hybridized carbons (Fsp3) is 0.438. The number of furan rings is 1. The zero-order valence-electron chi connectivity index (χ0n) is 11.7. The number of benzene rings is 1. The van der Waals surface area contributed by atoms with Crippen LogP contribution >= 0.6 is 0 Å². The van der Waals surface area contributed by atoms with Crippen molar-refractivity contribution in [1.29, 1.82) is 0 Å². The van der Waals surface area contributed by atoms with Crippen molar-refractivity contribution in [3.63, 3.8) is 0 Å². The molecule has 3 nitrogen and oxygen atoms in total. The lowest BCUT2D eigenvalue weighted by Gasteiger charge is -2.11. The quantitative estimate of drug-likeness (QED) is 0.905. The van der Waals surface area contributed by atoms with Crippen LogP contribution in [-0.4, -0.2) is 11.9 Å². The van der Waals surface area contributed by atoms with E-state index < -0.39 is 5.82 Å². The second-order valence-corrected chi connectivity index (χ2v) is 5.76. The number of hydrogen-bond donors (Lipinski definition) is 1. The van der Waals surface area contributed by atoms with Gasteiger partial charge in [-0.3, -0.25) is 4.79 Å². The van der Waals surface area contributed by atoms with Gasteiger partial charge in [-0.2, -0.15) is 0 Å². The smallest absolute Gasteiger partial charge is 0.287 e. The molecule has 1 aromatic heterocycles. The molecule has 1 saturated carbocycles. The molecule has 1 amide bonds. The minimum atomic E-state index is -0.431. The summed E-state index contributed by atoms with van der Waals surface area (Å²) in [6, 6.07) is 4.94. The van der Waals surface area contributed by atoms with Crippen molar-refractivity contribution in [2.45, 2.75) is 39.2 Å². The molecule has 1 fully saturated rings. The molecular formula is C16H18FNO2. The van der Waals surface area contributed by atoms with E-state index in [4.69, 9.17) is 4.42 Å². The highest BCUT2D eigenvalue weighted by Crippen LogP contribution is 2.28. The maximum atomic E-state index is 13.7. The van der Waals surface area contributed by atoms with Gasteiger partial charge in [-0.05, 0) is 38.2 Å². The maximum Gasteiger partial charge on any atom is 0.287 e. The van der Waals surface area contributed by atoms with Crippen molar-refractivity contribution >= 4 is 16.9 Å². The van der Waals surface area contributed by atoms with E-state index in [9.17, 15) is 9.18 Å². The Bertz CT molecular complexity index is 662. The zero-order chi connectivity index (χ0) is 14.3. The van der Waals surface area contributed by atoms with Crippen molar-refractivity contribution in [3.8, 4) is 0 Å². The van der Waals surface area contributed by atoms with E-state index in [0.29, 0.717) is 16.9 Å². The van der Waals surface area contributed by atoms with Crippen molar-refractivity contribution in [1.82, 2.24) is 5.32 Å². The van der Waals surface area contributed by atoms with Crippen molar-refractivity contribution in [3.05, 3.63) is 35.3 Å². The second kappa shape index (κ2) is 4.93. The van der Waals surface area contributed by atoms with Gasteiger partial charge < -0.3 is 9.73 Å². The molecule has 2 unspecified atom stereocenters. The van der Waals surface area contributed by atoms with Crippen molar-refractivity contribution in [2.24, 2.45) is 5.92 Å². The molecule has 3 rings (SSSR count). The first-order valence-corrected chi connectivity index (χ1v) is 7.04. The molecule has 1 aliphatic rings. The van der Waals surface area contributed by atoms with E-state index in [2.05, 4.69) is 12.2 Å². The van der Waals surface area contributed by atoms with Crippen LogP contribution in [0.3, 0.4) is 0 Å². The summed E-state index contributed by atoms with van der Waals surface area (Å²) in [5, 5.41) is 3.65. The number of fused-ring (bicyclic) bond motifs is 1. The predicted octanol–water partition coefficient (Wildman–Crippen LogP) is 3.80. The van der Waals surface area contributed by atoms with Crippen LogP contribution < -0.4 is 5.32 Å². The summed E-state index contributed by atoms with van der Waals surface area (Å²) in [7, 11) is 0. The molecule has 2 aromatic rings. The molecule has 1 aliphatic carbocycles. The average molecular weight is 275 g/mol. The Morgan fingerprint density at radius 3 is 2.85 bits per heavy atom. The van der Waals surface area contributed by atoms with Crippen molar-refractivity contribution < 1.29 is 13.6 Å². The fourth-order valence-corrected chi connectivity index (χ4v) is 3.01. The molecule has 0 aliphatic heterocycles. The molecule has 0 radical (unpaired) electrons. The average Bonchev–Trinajstić information content (AvgIpc) is 2.95. The zero-order valence-corrected chi connectivity index (χ0v) is 11.7. The number of carbonyl (C=O) groups excluding carboxylic acids is 1. The summed E-state index contributed by atoms with van der Waals surface area (Å²) in [6.07, 6.45) is 3.14. The van der Waals surface area contributed by atoms with Gasteiger partial charge >= 0.3 is 0 Å². The number of aryl methyl sites for hydroxylation is 1. The third-order valence-electron chi connectivity index (χ3n) is 4.15. The van der Waals surface area contributed by atoms with Crippen LogP contribution in [0.2, 0.25) is 0 Å². The van der Waals surface area contributed by atoms with Crippen LogP contribution in [0.5, 0.6) is 0 Å². The Hall–Kier alpha value is -1.84. The molecule has 2 atom stereocenters. The van der Waals surface area contributed by atoms with E-state index in [1.54, 1.807) is 19.1 Å². The van der Waals surface area contributed by atoms with E-state index in [1.165, 1.54) is 6.07 Å². The van der Waals surface area contributed by atoms with Gasteiger partial charge in [-0.15, -0.1) is 0 Å². The highest BCUT2D eigenvalue weighted by Gasteiger charge is 2.26. The van der Waals surface area contributed by atoms with Crippen molar-refractivity contribution in [2.75, 3.05) is 0 Å². The first-order chi connectivity index (χ1) is 9.56. The number of nitrogens with one attached hydrogen (secondary N) is 1. The van der Waals surface area contributed by atoms with Gasteiger partial charge in [0.1, 0.15) is 0 Å². The largest absolute Gasteiger partial charge is 0.448 e. The Kier molecular flexibility index (Phi) is 3.24. The minimum absolute atomic E-state index is 0.162. The molecule has 1 heterocycles. The Morgan fingerprint density at radius 2 is 2.20 bits per heavy atom. The standard InChI is InChI=1S/C16H18FNO2/c1-9-6-7-11(8-9)18-16(19)14-10(2)12-4-3-5-13(17)15(12)20-14/h3-5,9,11H,6-8H2,1-2H3,(H,18,19). The van der Waals surface area contributed by atoms with E-state index in [0.717, 1.165) is 19.3 Å². The summed E-state index contributed by atoms with van der Waals surface area (Å²) in [5.74, 6) is 0.204. The fourth-order valence-electron chi connectivity index (χ4n) is 3.01. The molecule has 0 bridgehead atoms.